The second kappa shape index (κ2) is 9.85. The molecule has 2 aliphatic rings. The van der Waals surface area contributed by atoms with E-state index in [9.17, 15) is 13.2 Å². The van der Waals surface area contributed by atoms with Crippen LogP contribution in [0.4, 0.5) is 0 Å². The van der Waals surface area contributed by atoms with Crippen LogP contribution < -0.4 is 4.74 Å². The summed E-state index contributed by atoms with van der Waals surface area (Å²) in [4.78, 5) is 16.8. The van der Waals surface area contributed by atoms with Crippen molar-refractivity contribution in [2.45, 2.75) is 50.1 Å². The predicted octanol–water partition coefficient (Wildman–Crippen LogP) is 1.64. The molecule has 1 aromatic carbocycles. The zero-order chi connectivity index (χ0) is 22.8. The highest BCUT2D eigenvalue weighted by Gasteiger charge is 2.37. The molecule has 1 unspecified atom stereocenters. The zero-order valence-corrected chi connectivity index (χ0v) is 20.1. The molecular weight excluding hydrogens is 418 g/mol. The van der Waals surface area contributed by atoms with Crippen molar-refractivity contribution >= 4 is 15.9 Å². The van der Waals surface area contributed by atoms with Gasteiger partial charge in [-0.1, -0.05) is 0 Å². The lowest BCUT2D eigenvalue weighted by Gasteiger charge is -2.27. The monoisotopic (exact) mass is 453 g/mol. The number of carbonyl (C=O) groups excluding carboxylic acids is 1. The van der Waals surface area contributed by atoms with Crippen LogP contribution in [0.15, 0.2) is 17.0 Å². The Morgan fingerprint density at radius 1 is 1.19 bits per heavy atom. The van der Waals surface area contributed by atoms with E-state index < -0.39 is 10.0 Å². The normalized spacial score (nSPS) is 22.7. The molecule has 31 heavy (non-hydrogen) atoms. The maximum absolute atomic E-state index is 13.4. The number of hydrogen-bond acceptors (Lipinski definition) is 6. The molecule has 2 fully saturated rings. The van der Waals surface area contributed by atoms with Crippen LogP contribution in [0.1, 0.15) is 30.4 Å². The van der Waals surface area contributed by atoms with Gasteiger partial charge in [0, 0.05) is 32.2 Å². The van der Waals surface area contributed by atoms with Crippen LogP contribution in [0.2, 0.25) is 0 Å². The van der Waals surface area contributed by atoms with Gasteiger partial charge in [0.15, 0.2) is 0 Å². The Hall–Kier alpha value is -1.68. The Balaban J connectivity index is 1.63. The molecule has 0 aliphatic carbocycles. The fourth-order valence-corrected chi connectivity index (χ4v) is 6.75. The molecular formula is C22H35N3O5S. The first-order valence-electron chi connectivity index (χ1n) is 10.8. The minimum atomic E-state index is -3.66. The van der Waals surface area contributed by atoms with Crippen molar-refractivity contribution < 1.29 is 22.7 Å². The van der Waals surface area contributed by atoms with E-state index in [0.717, 1.165) is 32.4 Å². The highest BCUT2D eigenvalue weighted by atomic mass is 32.2. The Labute approximate surface area is 186 Å². The number of ether oxygens (including phenoxy) is 2. The summed E-state index contributed by atoms with van der Waals surface area (Å²) in [5.41, 5.74) is 1.34. The van der Waals surface area contributed by atoms with E-state index >= 15 is 0 Å². The average Bonchev–Trinajstić information content (AvgIpc) is 3.35. The van der Waals surface area contributed by atoms with Gasteiger partial charge in [0.25, 0.3) is 0 Å². The molecule has 2 heterocycles. The van der Waals surface area contributed by atoms with Crippen molar-refractivity contribution in [3.05, 3.63) is 23.3 Å². The van der Waals surface area contributed by atoms with Crippen molar-refractivity contribution in [2.75, 3.05) is 54.1 Å². The molecule has 0 spiro atoms. The summed E-state index contributed by atoms with van der Waals surface area (Å²) in [5.74, 6) is 0.584. The third-order valence-corrected chi connectivity index (χ3v) is 8.66. The van der Waals surface area contributed by atoms with Crippen LogP contribution in [0.5, 0.6) is 5.75 Å². The Morgan fingerprint density at radius 2 is 1.87 bits per heavy atom. The second-order valence-corrected chi connectivity index (χ2v) is 10.6. The highest BCUT2D eigenvalue weighted by molar-refractivity contribution is 7.89. The van der Waals surface area contributed by atoms with Crippen molar-refractivity contribution in [1.29, 1.82) is 0 Å². The molecule has 0 aromatic heterocycles. The number of hydrogen-bond donors (Lipinski definition) is 0. The quantitative estimate of drug-likeness (QED) is 0.596. The fourth-order valence-electron chi connectivity index (χ4n) is 4.66. The first-order chi connectivity index (χ1) is 14.6. The number of aryl methyl sites for hydroxylation is 2. The fraction of sp³-hybridized carbons (Fsp3) is 0.682. The molecule has 8 nitrogen and oxygen atoms in total. The van der Waals surface area contributed by atoms with E-state index in [1.807, 2.05) is 7.05 Å². The summed E-state index contributed by atoms with van der Waals surface area (Å²) in [5, 5.41) is 0. The number of sulfonamides is 1. The highest BCUT2D eigenvalue weighted by Crippen LogP contribution is 2.32. The molecule has 2 aliphatic heterocycles. The molecule has 0 N–H and O–H groups in total. The smallest absolute Gasteiger partial charge is 0.248 e. The zero-order valence-electron chi connectivity index (χ0n) is 19.3. The maximum Gasteiger partial charge on any atom is 0.248 e. The summed E-state index contributed by atoms with van der Waals surface area (Å²) in [6.07, 6.45) is 2.47. The SMILES string of the molecule is COc1cc(C)c(S(=O)(=O)N2CCC[C@H]2COCC(=O)N(C)C2CCN(C)C2)c(C)c1. The lowest BCUT2D eigenvalue weighted by molar-refractivity contribution is -0.137. The number of rotatable bonds is 8. The van der Waals surface area contributed by atoms with E-state index in [-0.39, 0.29) is 31.2 Å². The second-order valence-electron chi connectivity index (χ2n) is 8.73. The molecule has 1 aromatic rings. The van der Waals surface area contributed by atoms with E-state index in [2.05, 4.69) is 11.9 Å². The van der Waals surface area contributed by atoms with Crippen molar-refractivity contribution in [2.24, 2.45) is 0 Å². The molecule has 9 heteroatoms. The molecule has 2 saturated heterocycles. The largest absolute Gasteiger partial charge is 0.497 e. The molecule has 1 amide bonds. The summed E-state index contributed by atoms with van der Waals surface area (Å²) in [7, 11) is 1.77. The Morgan fingerprint density at radius 3 is 2.45 bits per heavy atom. The van der Waals surface area contributed by atoms with Gasteiger partial charge >= 0.3 is 0 Å². The minimum absolute atomic E-state index is 0.0261. The van der Waals surface area contributed by atoms with Gasteiger partial charge in [-0.3, -0.25) is 4.79 Å². The van der Waals surface area contributed by atoms with Crippen molar-refractivity contribution in [3.8, 4) is 5.75 Å². The predicted molar refractivity (Wildman–Crippen MR) is 119 cm³/mol. The third kappa shape index (κ3) is 5.22. The summed E-state index contributed by atoms with van der Waals surface area (Å²) in [6.45, 7) is 6.10. The first-order valence-corrected chi connectivity index (χ1v) is 12.3. The van der Waals surface area contributed by atoms with E-state index in [1.165, 1.54) is 4.31 Å². The van der Waals surface area contributed by atoms with Gasteiger partial charge in [-0.15, -0.1) is 0 Å². The summed E-state index contributed by atoms with van der Waals surface area (Å²) < 4.78 is 39.4. The number of benzene rings is 1. The third-order valence-electron chi connectivity index (χ3n) is 6.40. The van der Waals surface area contributed by atoms with Gasteiger partial charge < -0.3 is 19.3 Å². The molecule has 0 saturated carbocycles. The Bertz CT molecular complexity index is 881. The van der Waals surface area contributed by atoms with Gasteiger partial charge in [0.05, 0.1) is 18.6 Å². The van der Waals surface area contributed by atoms with Crippen LogP contribution in [0, 0.1) is 13.8 Å². The molecule has 3 rings (SSSR count). The van der Waals surface area contributed by atoms with Crippen LogP contribution in [0.3, 0.4) is 0 Å². The van der Waals surface area contributed by atoms with E-state index in [4.69, 9.17) is 9.47 Å². The van der Waals surface area contributed by atoms with E-state index in [0.29, 0.717) is 28.3 Å². The Kier molecular flexibility index (Phi) is 7.62. The minimum Gasteiger partial charge on any atom is -0.497 e. The number of carbonyl (C=O) groups is 1. The first kappa shape index (κ1) is 24.0. The lowest BCUT2D eigenvalue weighted by Crippen LogP contribution is -2.42. The summed E-state index contributed by atoms with van der Waals surface area (Å²) >= 11 is 0. The molecule has 0 radical (unpaired) electrons. The van der Waals surface area contributed by atoms with Crippen LogP contribution >= 0.6 is 0 Å². The molecule has 0 bridgehead atoms. The van der Waals surface area contributed by atoms with Gasteiger partial charge in [0.2, 0.25) is 15.9 Å². The van der Waals surface area contributed by atoms with Gasteiger partial charge in [-0.2, -0.15) is 4.31 Å². The van der Waals surface area contributed by atoms with Crippen LogP contribution in [-0.4, -0.2) is 94.6 Å². The average molecular weight is 454 g/mol. The number of methoxy groups -OCH3 is 1. The van der Waals surface area contributed by atoms with Crippen LogP contribution in [-0.2, 0) is 19.6 Å². The standard InChI is InChI=1S/C22H35N3O5S/c1-16-11-20(29-5)12-17(2)22(16)31(27,28)25-9-6-7-19(25)14-30-15-21(26)24(4)18-8-10-23(3)13-18/h11-12,18-19H,6-10,13-15H2,1-5H3/t18?,19-/m0/s1. The molecule has 2 atom stereocenters. The van der Waals surface area contributed by atoms with Crippen LogP contribution in [0.25, 0.3) is 0 Å². The topological polar surface area (TPSA) is 79.4 Å². The van der Waals surface area contributed by atoms with E-state index in [1.54, 1.807) is 38.0 Å². The molecule has 174 valence electrons. The van der Waals surface area contributed by atoms with Gasteiger partial charge in [-0.25, -0.2) is 8.42 Å². The number of nitrogens with zero attached hydrogens (tertiary/aromatic N) is 3. The number of amides is 1. The number of likely N-dealkylation sites (tertiary alicyclic amines) is 1. The number of likely N-dealkylation sites (N-methyl/N-ethyl adjacent to an activating group) is 2. The van der Waals surface area contributed by atoms with Gasteiger partial charge in [-0.05, 0) is 70.0 Å². The van der Waals surface area contributed by atoms with Gasteiger partial charge in [0.1, 0.15) is 12.4 Å². The van der Waals surface area contributed by atoms with Crippen molar-refractivity contribution in [1.82, 2.24) is 14.1 Å². The van der Waals surface area contributed by atoms with Crippen molar-refractivity contribution in [3.63, 3.8) is 0 Å². The maximum atomic E-state index is 13.4. The lowest BCUT2D eigenvalue weighted by atomic mass is 10.1. The summed E-state index contributed by atoms with van der Waals surface area (Å²) in [6, 6.07) is 3.44.